The first-order chi connectivity index (χ1) is 9.36. The quantitative estimate of drug-likeness (QED) is 0.877. The Morgan fingerprint density at radius 3 is 2.89 bits per heavy atom. The lowest BCUT2D eigenvalue weighted by Crippen LogP contribution is -2.36. The van der Waals surface area contributed by atoms with Crippen LogP contribution < -0.4 is 10.6 Å². The van der Waals surface area contributed by atoms with Gasteiger partial charge in [0.2, 0.25) is 0 Å². The monoisotopic (exact) mass is 257 g/mol. The number of nitrogens with two attached hydrogens (primary N) is 1. The molecular weight excluding hydrogens is 238 g/mol. The molecule has 3 rings (SSSR count). The molecule has 0 atom stereocenters. The Kier molecular flexibility index (Phi) is 3.46. The van der Waals surface area contributed by atoms with Gasteiger partial charge in [0, 0.05) is 37.1 Å². The number of aromatic nitrogens is 3. The van der Waals surface area contributed by atoms with Gasteiger partial charge in [-0.2, -0.15) is 5.10 Å². The van der Waals surface area contributed by atoms with Crippen LogP contribution in [0.5, 0.6) is 0 Å². The molecule has 5 nitrogen and oxygen atoms in total. The molecule has 3 heterocycles. The van der Waals surface area contributed by atoms with Crippen LogP contribution in [0, 0.1) is 5.92 Å². The molecule has 0 radical (unpaired) electrons. The molecule has 1 fully saturated rings. The number of pyridine rings is 1. The summed E-state index contributed by atoms with van der Waals surface area (Å²) in [6.07, 6.45) is 5.94. The Labute approximate surface area is 112 Å². The summed E-state index contributed by atoms with van der Waals surface area (Å²) in [5.41, 5.74) is 7.81. The summed E-state index contributed by atoms with van der Waals surface area (Å²) in [6.45, 7) is 2.88. The number of nitrogens with zero attached hydrogens (tertiary/aromatic N) is 3. The molecule has 1 saturated heterocycles. The van der Waals surface area contributed by atoms with Gasteiger partial charge in [-0.15, -0.1) is 0 Å². The number of aromatic amines is 1. The molecule has 0 aromatic carbocycles. The topological polar surface area (TPSA) is 70.8 Å². The lowest BCUT2D eigenvalue weighted by Gasteiger charge is -2.31. The zero-order valence-electron chi connectivity index (χ0n) is 10.9. The molecule has 1 aliphatic rings. The molecule has 0 spiro atoms. The molecule has 0 unspecified atom stereocenters. The molecule has 0 aliphatic carbocycles. The van der Waals surface area contributed by atoms with Gasteiger partial charge in [-0.1, -0.05) is 0 Å². The van der Waals surface area contributed by atoms with Crippen molar-refractivity contribution in [1.29, 1.82) is 0 Å². The largest absolute Gasteiger partial charge is 0.355 e. The van der Waals surface area contributed by atoms with Crippen LogP contribution in [-0.4, -0.2) is 34.8 Å². The molecule has 1 aliphatic heterocycles. The van der Waals surface area contributed by atoms with E-state index in [0.717, 1.165) is 49.6 Å². The van der Waals surface area contributed by atoms with Crippen molar-refractivity contribution in [1.82, 2.24) is 15.2 Å². The first kappa shape index (κ1) is 12.2. The van der Waals surface area contributed by atoms with E-state index in [-0.39, 0.29) is 0 Å². The van der Waals surface area contributed by atoms with E-state index in [0.29, 0.717) is 5.92 Å². The van der Waals surface area contributed by atoms with E-state index >= 15 is 0 Å². The van der Waals surface area contributed by atoms with Crippen LogP contribution in [0.1, 0.15) is 12.8 Å². The van der Waals surface area contributed by atoms with Gasteiger partial charge in [0.25, 0.3) is 0 Å². The zero-order chi connectivity index (χ0) is 13.1. The van der Waals surface area contributed by atoms with E-state index in [1.54, 1.807) is 6.20 Å². The summed E-state index contributed by atoms with van der Waals surface area (Å²) in [5.74, 6) is 1.70. The zero-order valence-corrected chi connectivity index (χ0v) is 10.9. The lowest BCUT2D eigenvalue weighted by molar-refractivity contribution is 0.413. The van der Waals surface area contributed by atoms with Gasteiger partial charge < -0.3 is 10.6 Å². The summed E-state index contributed by atoms with van der Waals surface area (Å²) in [7, 11) is 0. The van der Waals surface area contributed by atoms with E-state index in [4.69, 9.17) is 5.73 Å². The normalized spacial score (nSPS) is 16.8. The third-order valence-electron chi connectivity index (χ3n) is 3.81. The molecule has 2 aromatic heterocycles. The number of piperidine rings is 1. The van der Waals surface area contributed by atoms with Crippen LogP contribution in [0.25, 0.3) is 11.3 Å². The molecule has 19 heavy (non-hydrogen) atoms. The highest BCUT2D eigenvalue weighted by Crippen LogP contribution is 2.24. The van der Waals surface area contributed by atoms with Crippen molar-refractivity contribution in [3.05, 3.63) is 30.6 Å². The summed E-state index contributed by atoms with van der Waals surface area (Å²) < 4.78 is 0. The number of hydrogen-bond donors (Lipinski definition) is 2. The number of anilines is 1. The molecule has 0 amide bonds. The van der Waals surface area contributed by atoms with Crippen molar-refractivity contribution in [2.75, 3.05) is 24.5 Å². The van der Waals surface area contributed by atoms with Crippen molar-refractivity contribution >= 4 is 5.82 Å². The Morgan fingerprint density at radius 1 is 1.37 bits per heavy atom. The number of rotatable bonds is 3. The number of nitrogens with one attached hydrogen (secondary N) is 1. The van der Waals surface area contributed by atoms with E-state index < -0.39 is 0 Å². The van der Waals surface area contributed by atoms with Crippen LogP contribution in [0.3, 0.4) is 0 Å². The Bertz CT molecular complexity index is 514. The third kappa shape index (κ3) is 2.61. The van der Waals surface area contributed by atoms with Crippen molar-refractivity contribution in [3.8, 4) is 11.3 Å². The molecule has 0 bridgehead atoms. The molecule has 0 saturated carbocycles. The Balaban J connectivity index is 1.72. The van der Waals surface area contributed by atoms with Crippen molar-refractivity contribution in [2.24, 2.45) is 11.7 Å². The van der Waals surface area contributed by atoms with Crippen LogP contribution in [0.15, 0.2) is 30.6 Å². The Morgan fingerprint density at radius 2 is 2.21 bits per heavy atom. The van der Waals surface area contributed by atoms with E-state index in [1.807, 2.05) is 18.3 Å². The van der Waals surface area contributed by atoms with Crippen LogP contribution in [0.4, 0.5) is 5.82 Å². The second-order valence-electron chi connectivity index (χ2n) is 5.05. The minimum Gasteiger partial charge on any atom is -0.355 e. The van der Waals surface area contributed by atoms with E-state index in [1.165, 1.54) is 0 Å². The van der Waals surface area contributed by atoms with Gasteiger partial charge in [-0.3, -0.25) is 10.1 Å². The first-order valence-electron chi connectivity index (χ1n) is 6.77. The molecule has 5 heteroatoms. The highest BCUT2D eigenvalue weighted by Gasteiger charge is 2.20. The average molecular weight is 257 g/mol. The fourth-order valence-corrected chi connectivity index (χ4v) is 2.54. The minimum atomic E-state index is 0.674. The fourth-order valence-electron chi connectivity index (χ4n) is 2.54. The molecular formula is C14H19N5. The smallest absolute Gasteiger partial charge is 0.150 e. The van der Waals surface area contributed by atoms with Gasteiger partial charge in [-0.05, 0) is 37.4 Å². The minimum absolute atomic E-state index is 0.674. The maximum Gasteiger partial charge on any atom is 0.150 e. The summed E-state index contributed by atoms with van der Waals surface area (Å²) in [6, 6.07) is 6.06. The summed E-state index contributed by atoms with van der Waals surface area (Å²) >= 11 is 0. The van der Waals surface area contributed by atoms with Gasteiger partial charge in [-0.25, -0.2) is 0 Å². The van der Waals surface area contributed by atoms with Crippen LogP contribution in [0.2, 0.25) is 0 Å². The Hall–Kier alpha value is -1.88. The second kappa shape index (κ2) is 5.40. The molecule has 2 aromatic rings. The highest BCUT2D eigenvalue weighted by atomic mass is 15.3. The summed E-state index contributed by atoms with van der Waals surface area (Å²) in [5, 5.41) is 7.50. The SMILES string of the molecule is NCC1CCN(c2cc(-c3cccnc3)[nH]n2)CC1. The second-order valence-corrected chi connectivity index (χ2v) is 5.05. The summed E-state index contributed by atoms with van der Waals surface area (Å²) in [4.78, 5) is 6.45. The van der Waals surface area contributed by atoms with Crippen molar-refractivity contribution in [2.45, 2.75) is 12.8 Å². The standard InChI is InChI=1S/C14H19N5/c15-9-11-3-6-19(7-4-11)14-8-13(17-18-14)12-2-1-5-16-10-12/h1-2,5,8,10-11H,3-4,6-7,9,15H2,(H,17,18). The van der Waals surface area contributed by atoms with Gasteiger partial charge in [0.1, 0.15) is 0 Å². The van der Waals surface area contributed by atoms with Crippen molar-refractivity contribution in [3.63, 3.8) is 0 Å². The lowest BCUT2D eigenvalue weighted by atomic mass is 9.97. The van der Waals surface area contributed by atoms with Crippen molar-refractivity contribution < 1.29 is 0 Å². The number of H-pyrrole nitrogens is 1. The third-order valence-corrected chi connectivity index (χ3v) is 3.81. The average Bonchev–Trinajstić information content (AvgIpc) is 2.98. The van der Waals surface area contributed by atoms with Gasteiger partial charge in [0.05, 0.1) is 5.69 Å². The highest BCUT2D eigenvalue weighted by molar-refractivity contribution is 5.62. The van der Waals surface area contributed by atoms with E-state index in [2.05, 4.69) is 26.1 Å². The van der Waals surface area contributed by atoms with Crippen LogP contribution >= 0.6 is 0 Å². The maximum atomic E-state index is 5.72. The fraction of sp³-hybridized carbons (Fsp3) is 0.429. The first-order valence-corrected chi connectivity index (χ1v) is 6.77. The number of hydrogen-bond acceptors (Lipinski definition) is 4. The molecule has 3 N–H and O–H groups in total. The maximum absolute atomic E-state index is 5.72. The van der Waals surface area contributed by atoms with E-state index in [9.17, 15) is 0 Å². The van der Waals surface area contributed by atoms with Gasteiger partial charge in [0.15, 0.2) is 5.82 Å². The van der Waals surface area contributed by atoms with Gasteiger partial charge >= 0.3 is 0 Å². The molecule has 100 valence electrons. The van der Waals surface area contributed by atoms with Crippen LogP contribution in [-0.2, 0) is 0 Å². The predicted molar refractivity (Wildman–Crippen MR) is 75.8 cm³/mol. The predicted octanol–water partition coefficient (Wildman–Crippen LogP) is 1.65.